The molecule has 1 aromatic rings. The molecule has 19 heavy (non-hydrogen) atoms. The third-order valence-electron chi connectivity index (χ3n) is 4.41. The zero-order valence-corrected chi connectivity index (χ0v) is 12.3. The molecule has 3 aliphatic rings. The minimum absolute atomic E-state index is 0.438. The molecular weight excluding hydrogens is 260 g/mol. The van der Waals surface area contributed by atoms with Gasteiger partial charge in [-0.05, 0) is 43.0 Å². The van der Waals surface area contributed by atoms with Crippen molar-refractivity contribution >= 4 is 17.3 Å². The summed E-state index contributed by atoms with van der Waals surface area (Å²) in [6.45, 7) is 5.04. The van der Waals surface area contributed by atoms with Crippen molar-refractivity contribution in [3.63, 3.8) is 0 Å². The maximum Gasteiger partial charge on any atom is 0.0703 e. The van der Waals surface area contributed by atoms with E-state index < -0.39 is 0 Å². The van der Waals surface area contributed by atoms with E-state index in [9.17, 15) is 0 Å². The quantitative estimate of drug-likeness (QED) is 0.921. The van der Waals surface area contributed by atoms with Crippen LogP contribution in [0.2, 0.25) is 5.02 Å². The lowest BCUT2D eigenvalue weighted by Crippen LogP contribution is -2.53. The number of rotatable bonds is 3. The monoisotopic (exact) mass is 280 g/mol. The predicted octanol–water partition coefficient (Wildman–Crippen LogP) is 3.05. The molecule has 0 saturated carbocycles. The number of hydrogen-bond donors (Lipinski definition) is 1. The molecule has 0 radical (unpaired) electrons. The molecule has 0 spiro atoms. The molecule has 1 aromatic carbocycles. The molecule has 0 aromatic heterocycles. The number of morpholine rings is 1. The first-order chi connectivity index (χ1) is 9.17. The van der Waals surface area contributed by atoms with Gasteiger partial charge in [0.2, 0.25) is 0 Å². The maximum absolute atomic E-state index is 6.31. The molecule has 104 valence electrons. The van der Waals surface area contributed by atoms with Crippen molar-refractivity contribution in [1.29, 1.82) is 0 Å². The van der Waals surface area contributed by atoms with Gasteiger partial charge in [-0.15, -0.1) is 0 Å². The van der Waals surface area contributed by atoms with Gasteiger partial charge in [-0.25, -0.2) is 0 Å². The van der Waals surface area contributed by atoms with Crippen molar-refractivity contribution in [3.05, 3.63) is 28.3 Å². The fourth-order valence-electron chi connectivity index (χ4n) is 3.09. The smallest absolute Gasteiger partial charge is 0.0703 e. The second-order valence-electron chi connectivity index (χ2n) is 5.61. The Labute approximate surface area is 119 Å². The first-order valence-corrected chi connectivity index (χ1v) is 7.37. The summed E-state index contributed by atoms with van der Waals surface area (Å²) in [7, 11) is 1.93. The van der Waals surface area contributed by atoms with Crippen LogP contribution >= 0.6 is 11.6 Å². The van der Waals surface area contributed by atoms with Crippen LogP contribution < -0.4 is 5.32 Å². The van der Waals surface area contributed by atoms with E-state index in [-0.39, 0.29) is 0 Å². The zero-order chi connectivity index (χ0) is 13.4. The number of halogens is 1. The van der Waals surface area contributed by atoms with E-state index in [0.29, 0.717) is 12.1 Å². The average molecular weight is 281 g/mol. The Morgan fingerprint density at radius 3 is 2.84 bits per heavy atom. The summed E-state index contributed by atoms with van der Waals surface area (Å²) in [6.07, 6.45) is 2.92. The molecule has 4 heteroatoms. The second kappa shape index (κ2) is 5.31. The lowest BCUT2D eigenvalue weighted by molar-refractivity contribution is -0.109. The summed E-state index contributed by atoms with van der Waals surface area (Å²) in [6, 6.07) is 4.79. The minimum atomic E-state index is 0.438. The molecule has 0 amide bonds. The van der Waals surface area contributed by atoms with Crippen molar-refractivity contribution < 1.29 is 4.74 Å². The number of nitrogens with one attached hydrogen (secondary N) is 1. The van der Waals surface area contributed by atoms with Crippen LogP contribution in [0.5, 0.6) is 0 Å². The summed E-state index contributed by atoms with van der Waals surface area (Å²) in [4.78, 5) is 2.55. The number of ether oxygens (including phenoxy) is 1. The van der Waals surface area contributed by atoms with Crippen LogP contribution in [0.3, 0.4) is 0 Å². The molecule has 3 fully saturated rings. The highest BCUT2D eigenvalue weighted by molar-refractivity contribution is 6.31. The Morgan fingerprint density at radius 2 is 2.26 bits per heavy atom. The molecule has 2 bridgehead atoms. The van der Waals surface area contributed by atoms with Crippen LogP contribution in [0.4, 0.5) is 5.69 Å². The van der Waals surface area contributed by atoms with Crippen LogP contribution in [0.15, 0.2) is 12.1 Å². The number of anilines is 1. The summed E-state index contributed by atoms with van der Waals surface area (Å²) in [5, 5.41) is 4.03. The topological polar surface area (TPSA) is 24.5 Å². The predicted molar refractivity (Wildman–Crippen MR) is 78.9 cm³/mol. The summed E-state index contributed by atoms with van der Waals surface area (Å²) in [5.74, 6) is 0. The molecule has 1 N–H and O–H groups in total. The van der Waals surface area contributed by atoms with E-state index in [1.165, 1.54) is 24.0 Å². The van der Waals surface area contributed by atoms with Crippen molar-refractivity contribution in [1.82, 2.24) is 4.90 Å². The Hall–Kier alpha value is -0.770. The number of nitrogens with zero attached hydrogens (tertiary/aromatic N) is 1. The number of benzene rings is 1. The maximum atomic E-state index is 6.31. The van der Waals surface area contributed by atoms with E-state index >= 15 is 0 Å². The lowest BCUT2D eigenvalue weighted by atomic mass is 9.95. The number of fused-ring (bicyclic) bond motifs is 3. The van der Waals surface area contributed by atoms with Crippen LogP contribution in [0.1, 0.15) is 24.0 Å². The highest BCUT2D eigenvalue weighted by atomic mass is 35.5. The van der Waals surface area contributed by atoms with Crippen LogP contribution in [0.25, 0.3) is 0 Å². The molecule has 3 nitrogen and oxygen atoms in total. The average Bonchev–Trinajstić information content (AvgIpc) is 2.45. The number of piperidine rings is 1. The van der Waals surface area contributed by atoms with Crippen LogP contribution in [0, 0.1) is 6.92 Å². The largest absolute Gasteiger partial charge is 0.388 e. The Bertz CT molecular complexity index is 469. The van der Waals surface area contributed by atoms with E-state index in [1.807, 2.05) is 13.1 Å². The van der Waals surface area contributed by atoms with E-state index in [2.05, 4.69) is 23.2 Å². The molecular formula is C15H21ClN2O. The minimum Gasteiger partial charge on any atom is -0.388 e. The highest BCUT2D eigenvalue weighted by Crippen LogP contribution is 2.30. The molecule has 2 unspecified atom stereocenters. The van der Waals surface area contributed by atoms with Gasteiger partial charge in [0.25, 0.3) is 0 Å². The lowest BCUT2D eigenvalue weighted by Gasteiger charge is -2.45. The molecule has 3 aliphatic heterocycles. The van der Waals surface area contributed by atoms with Gasteiger partial charge in [-0.1, -0.05) is 11.6 Å². The SMILES string of the molecule is CNc1cc(Cl)c(C)c(CN2CC3CCC2CO3)c1. The van der Waals surface area contributed by atoms with Gasteiger partial charge in [0.1, 0.15) is 0 Å². The highest BCUT2D eigenvalue weighted by Gasteiger charge is 2.34. The Balaban J connectivity index is 1.81. The van der Waals surface area contributed by atoms with Crippen LogP contribution in [-0.2, 0) is 11.3 Å². The van der Waals surface area contributed by atoms with Gasteiger partial charge >= 0.3 is 0 Å². The van der Waals surface area contributed by atoms with E-state index in [1.54, 1.807) is 0 Å². The molecule has 2 atom stereocenters. The molecule has 4 rings (SSSR count). The molecule has 3 saturated heterocycles. The standard InChI is InChI=1S/C15H21ClN2O/c1-10-11(5-12(17-2)6-15(10)16)7-18-8-14-4-3-13(18)9-19-14/h5-6,13-14,17H,3-4,7-9H2,1-2H3. The first kappa shape index (κ1) is 13.2. The van der Waals surface area contributed by atoms with Gasteiger partial charge in [0, 0.05) is 36.9 Å². The van der Waals surface area contributed by atoms with Gasteiger partial charge in [-0.2, -0.15) is 0 Å². The van der Waals surface area contributed by atoms with Gasteiger partial charge in [0.15, 0.2) is 0 Å². The van der Waals surface area contributed by atoms with E-state index in [4.69, 9.17) is 16.3 Å². The van der Waals surface area contributed by atoms with Crippen molar-refractivity contribution in [2.45, 2.75) is 38.5 Å². The summed E-state index contributed by atoms with van der Waals surface area (Å²) >= 11 is 6.31. The molecule has 0 aliphatic carbocycles. The normalized spacial score (nSPS) is 26.7. The zero-order valence-electron chi connectivity index (χ0n) is 11.6. The third-order valence-corrected chi connectivity index (χ3v) is 4.81. The fourth-order valence-corrected chi connectivity index (χ4v) is 3.33. The van der Waals surface area contributed by atoms with E-state index in [0.717, 1.165) is 30.4 Å². The summed E-state index contributed by atoms with van der Waals surface area (Å²) in [5.41, 5.74) is 3.61. The third kappa shape index (κ3) is 2.60. The summed E-state index contributed by atoms with van der Waals surface area (Å²) < 4.78 is 5.76. The van der Waals surface area contributed by atoms with Crippen molar-refractivity contribution in [2.24, 2.45) is 0 Å². The van der Waals surface area contributed by atoms with Crippen LogP contribution in [-0.4, -0.2) is 37.2 Å². The fraction of sp³-hybridized carbons (Fsp3) is 0.600. The van der Waals surface area contributed by atoms with Crippen molar-refractivity contribution in [2.75, 3.05) is 25.5 Å². The first-order valence-electron chi connectivity index (χ1n) is 7.00. The Morgan fingerprint density at radius 1 is 1.42 bits per heavy atom. The Kier molecular flexibility index (Phi) is 3.70. The van der Waals surface area contributed by atoms with Crippen molar-refractivity contribution in [3.8, 4) is 0 Å². The van der Waals surface area contributed by atoms with Gasteiger partial charge in [-0.3, -0.25) is 4.90 Å². The second-order valence-corrected chi connectivity index (χ2v) is 6.02. The van der Waals surface area contributed by atoms with Gasteiger partial charge in [0.05, 0.1) is 12.7 Å². The van der Waals surface area contributed by atoms with Gasteiger partial charge < -0.3 is 10.1 Å². The number of hydrogen-bond acceptors (Lipinski definition) is 3. The molecule has 3 heterocycles.